The van der Waals surface area contributed by atoms with E-state index in [1.807, 2.05) is 14.7 Å². The lowest BCUT2D eigenvalue weighted by molar-refractivity contribution is -0.900. The smallest absolute Gasteiger partial charge is 0.280 e. The first-order chi connectivity index (χ1) is 24.5. The normalized spacial score (nSPS) is 14.7. The van der Waals surface area contributed by atoms with E-state index in [1.165, 1.54) is 174 Å². The van der Waals surface area contributed by atoms with Gasteiger partial charge >= 0.3 is 0 Å². The van der Waals surface area contributed by atoms with Crippen molar-refractivity contribution in [1.29, 1.82) is 0 Å². The van der Waals surface area contributed by atoms with Crippen molar-refractivity contribution in [3.8, 4) is 0 Å². The second-order valence-corrected chi connectivity index (χ2v) is 17.8. The van der Waals surface area contributed by atoms with Crippen molar-refractivity contribution in [2.75, 3.05) is 58.9 Å². The van der Waals surface area contributed by atoms with Crippen LogP contribution in [0.15, 0.2) is 0 Å². The van der Waals surface area contributed by atoms with Crippen molar-refractivity contribution in [1.82, 2.24) is 0 Å². The fourth-order valence-electron chi connectivity index (χ4n) is 5.23. The van der Waals surface area contributed by atoms with Crippen LogP contribution in [-0.2, 0) is 22.3 Å². The van der Waals surface area contributed by atoms with Crippen LogP contribution >= 0.6 is 23.5 Å². The maximum atomic E-state index is 10.2. The van der Waals surface area contributed by atoms with Gasteiger partial charge in [-0.05, 0) is 57.8 Å². The minimum Gasteiger partial charge on any atom is -0.756 e. The Hall–Kier alpha value is 0.290. The van der Waals surface area contributed by atoms with Crippen LogP contribution in [0.25, 0.3) is 0 Å². The molecule has 2 atom stereocenters. The van der Waals surface area contributed by atoms with E-state index in [0.717, 1.165) is 0 Å². The van der Waals surface area contributed by atoms with E-state index >= 15 is 0 Å². The number of hydrogen-bond acceptors (Lipinski definition) is 8. The average molecular weight is 814 g/mol. The number of unbranched alkanes of at least 4 members (excludes halogenated alkanes) is 9. The topological polar surface area (TPSA) is 193 Å². The molecule has 0 bridgehead atoms. The lowest BCUT2D eigenvalue weighted by Gasteiger charge is -2.30. The molecular weight excluding hydrogens is 727 g/mol. The number of phosphoric acid groups is 3. The second kappa shape index (κ2) is 40.9. The minimum atomic E-state index is -5.84. The summed E-state index contributed by atoms with van der Waals surface area (Å²) in [5, 5.41) is 0. The van der Waals surface area contributed by atoms with Gasteiger partial charge in [0.15, 0.2) is 0 Å². The van der Waals surface area contributed by atoms with Gasteiger partial charge in [0, 0.05) is 0 Å². The number of quaternary nitrogens is 3. The van der Waals surface area contributed by atoms with Gasteiger partial charge in [-0.1, -0.05) is 120 Å². The maximum absolute atomic E-state index is 10.2. The molecule has 0 aliphatic rings. The van der Waals surface area contributed by atoms with Crippen molar-refractivity contribution in [3.63, 3.8) is 0 Å². The van der Waals surface area contributed by atoms with Gasteiger partial charge in [0.25, 0.3) is 23.5 Å². The van der Waals surface area contributed by atoms with Crippen LogP contribution in [0.3, 0.4) is 0 Å². The Morgan fingerprint density at radius 1 is 0.365 bits per heavy atom. The van der Waals surface area contributed by atoms with Crippen LogP contribution in [0.4, 0.5) is 0 Å². The summed E-state index contributed by atoms with van der Waals surface area (Å²) in [5.74, 6) is 0. The fraction of sp³-hybridized carbons (Fsp3) is 1.00. The predicted octanol–water partition coefficient (Wildman–Crippen LogP) is 4.22. The summed E-state index contributed by atoms with van der Waals surface area (Å²) in [6.45, 7) is 33.2. The highest BCUT2D eigenvalue weighted by Gasteiger charge is 2.21. The van der Waals surface area contributed by atoms with Gasteiger partial charge < -0.3 is 39.2 Å². The highest BCUT2D eigenvalue weighted by molar-refractivity contribution is 7.64. The molecule has 13 nitrogen and oxygen atoms in total. The van der Waals surface area contributed by atoms with Crippen molar-refractivity contribution in [2.45, 2.75) is 178 Å². The first-order valence-corrected chi connectivity index (χ1v) is 25.2. The monoisotopic (exact) mass is 814 g/mol. The number of nitrogens with one attached hydrogen (secondary N) is 3. The van der Waals surface area contributed by atoms with Crippen LogP contribution in [0, 0.1) is 0 Å². The van der Waals surface area contributed by atoms with E-state index in [-0.39, 0.29) is 0 Å². The summed E-state index contributed by atoms with van der Waals surface area (Å²) in [5.41, 5.74) is 0. The molecule has 5 N–H and O–H groups in total. The van der Waals surface area contributed by atoms with Gasteiger partial charge in [0.1, 0.15) is 0 Å². The SMILES string of the molecule is CCCC[NH+](CCCC)CCCC.CCCC[NH+](CCCC)CCCC.CCCC[NH+](CCCC)CCCC.O=P([O-])(O)OP(=O)([O-])OP(=O)([O-])O. The second-order valence-electron chi connectivity index (χ2n) is 13.7. The van der Waals surface area contributed by atoms with Gasteiger partial charge in [0.05, 0.1) is 58.9 Å². The molecule has 320 valence electrons. The Balaban J connectivity index is -0.000000295. The Morgan fingerprint density at radius 3 is 0.596 bits per heavy atom. The van der Waals surface area contributed by atoms with E-state index < -0.39 is 23.5 Å². The Labute approximate surface area is 321 Å². The molecule has 2 unspecified atom stereocenters. The van der Waals surface area contributed by atoms with E-state index in [2.05, 4.69) is 70.9 Å². The molecular formula is C36H86N3O10P3. The third-order valence-corrected chi connectivity index (χ3v) is 11.6. The first-order valence-electron chi connectivity index (χ1n) is 20.8. The fourth-order valence-corrected chi connectivity index (χ4v) is 7.64. The zero-order valence-electron chi connectivity index (χ0n) is 35.1. The van der Waals surface area contributed by atoms with Crippen LogP contribution in [0.2, 0.25) is 0 Å². The highest BCUT2D eigenvalue weighted by atomic mass is 31.3. The molecule has 0 saturated carbocycles. The zero-order valence-corrected chi connectivity index (χ0v) is 37.8. The van der Waals surface area contributed by atoms with Gasteiger partial charge in [-0.3, -0.25) is 13.7 Å². The molecule has 0 radical (unpaired) electrons. The average Bonchev–Trinajstić information content (AvgIpc) is 3.06. The quantitative estimate of drug-likeness (QED) is 0.0634. The standard InChI is InChI=1S/3C12H27N.H5O10P3/c3*1-4-7-10-13(11-8-5-2)12-9-6-3;1-11(2,3)9-13(7,8)10-12(4,5)6/h3*4-12H2,1-3H3;(H,7,8)(H2,1,2,3)(H2,4,5,6). The number of rotatable bonds is 31. The molecule has 0 aliphatic heterocycles. The maximum Gasteiger partial charge on any atom is 0.280 e. The summed E-state index contributed by atoms with van der Waals surface area (Å²) in [4.78, 5) is 50.8. The molecule has 0 spiro atoms. The highest BCUT2D eigenvalue weighted by Crippen LogP contribution is 2.59. The minimum absolute atomic E-state index is 1.35. The molecule has 0 aromatic heterocycles. The largest absolute Gasteiger partial charge is 0.756 e. The van der Waals surface area contributed by atoms with E-state index in [9.17, 15) is 28.4 Å². The number of hydrogen-bond donors (Lipinski definition) is 5. The lowest BCUT2D eigenvalue weighted by atomic mass is 10.2. The molecule has 0 saturated heterocycles. The van der Waals surface area contributed by atoms with E-state index in [0.29, 0.717) is 0 Å². The van der Waals surface area contributed by atoms with Crippen LogP contribution in [0.5, 0.6) is 0 Å². The van der Waals surface area contributed by atoms with Crippen molar-refractivity contribution in [2.24, 2.45) is 0 Å². The van der Waals surface area contributed by atoms with E-state index in [1.54, 1.807) is 0 Å². The van der Waals surface area contributed by atoms with E-state index in [4.69, 9.17) is 9.79 Å². The summed E-state index contributed by atoms with van der Waals surface area (Å²) < 4.78 is 35.3. The van der Waals surface area contributed by atoms with Crippen LogP contribution < -0.4 is 29.4 Å². The first kappa shape index (κ1) is 59.0. The summed E-state index contributed by atoms with van der Waals surface area (Å²) in [7, 11) is -17.2. The molecule has 0 fully saturated rings. The van der Waals surface area contributed by atoms with Crippen molar-refractivity contribution < 1.29 is 61.5 Å². The molecule has 0 aromatic rings. The van der Waals surface area contributed by atoms with Gasteiger partial charge in [-0.25, -0.2) is 8.62 Å². The Morgan fingerprint density at radius 2 is 0.500 bits per heavy atom. The molecule has 0 aromatic carbocycles. The van der Waals surface area contributed by atoms with Crippen LogP contribution in [0.1, 0.15) is 178 Å². The third kappa shape index (κ3) is 52.4. The zero-order chi connectivity index (χ0) is 40.7. The summed E-state index contributed by atoms with van der Waals surface area (Å²) >= 11 is 0. The van der Waals surface area contributed by atoms with Gasteiger partial charge in [-0.15, -0.1) is 0 Å². The molecule has 0 heterocycles. The van der Waals surface area contributed by atoms with Crippen LogP contribution in [-0.4, -0.2) is 68.7 Å². The third-order valence-electron chi connectivity index (χ3n) is 8.36. The van der Waals surface area contributed by atoms with Gasteiger partial charge in [0.2, 0.25) is 0 Å². The molecule has 52 heavy (non-hydrogen) atoms. The molecule has 0 rings (SSSR count). The predicted molar refractivity (Wildman–Crippen MR) is 210 cm³/mol. The molecule has 16 heteroatoms. The summed E-state index contributed by atoms with van der Waals surface area (Å²) in [6.07, 6.45) is 24.8. The van der Waals surface area contributed by atoms with Gasteiger partial charge in [-0.2, -0.15) is 0 Å². The Bertz CT molecular complexity index is 723. The van der Waals surface area contributed by atoms with Crippen molar-refractivity contribution in [3.05, 3.63) is 0 Å². The van der Waals surface area contributed by atoms with Crippen molar-refractivity contribution >= 4 is 23.5 Å². The molecule has 0 amide bonds. The summed E-state index contributed by atoms with van der Waals surface area (Å²) in [6, 6.07) is 0. The lowest BCUT2D eigenvalue weighted by Crippen LogP contribution is -3.12. The Kier molecular flexibility index (Phi) is 46.4. The molecule has 0 aliphatic carbocycles.